The number of benzene rings is 2. The molecule has 0 atom stereocenters. The number of esters is 1. The number of rotatable bonds is 5. The highest BCUT2D eigenvalue weighted by Gasteiger charge is 2.21. The molecule has 0 saturated heterocycles. The number of methoxy groups -OCH3 is 2. The number of amides is 2. The van der Waals surface area contributed by atoms with Gasteiger partial charge in [-0.3, -0.25) is 14.4 Å². The van der Waals surface area contributed by atoms with Crippen molar-refractivity contribution in [2.45, 2.75) is 29.8 Å². The molecule has 0 aromatic heterocycles. The zero-order valence-corrected chi connectivity index (χ0v) is 22.9. The van der Waals surface area contributed by atoms with E-state index in [4.69, 9.17) is 19.3 Å². The van der Waals surface area contributed by atoms with Crippen LogP contribution in [0.1, 0.15) is 18.1 Å². The van der Waals surface area contributed by atoms with Gasteiger partial charge in [0.05, 0.1) is 14.2 Å². The van der Waals surface area contributed by atoms with Gasteiger partial charge in [0.2, 0.25) is 5.91 Å². The highest BCUT2D eigenvalue weighted by atomic mass is 32.2. The lowest BCUT2D eigenvalue weighted by molar-refractivity contribution is -0.150. The van der Waals surface area contributed by atoms with E-state index < -0.39 is 12.6 Å². The summed E-state index contributed by atoms with van der Waals surface area (Å²) in [6.07, 6.45) is 0. The van der Waals surface area contributed by atoms with Gasteiger partial charge < -0.3 is 29.1 Å². The zero-order valence-electron chi connectivity index (χ0n) is 21.2. The Morgan fingerprint density at radius 1 is 0.838 bits per heavy atom. The van der Waals surface area contributed by atoms with Crippen LogP contribution in [0.5, 0.6) is 11.5 Å². The fourth-order valence-corrected chi connectivity index (χ4v) is 5.79. The molecule has 1 N–H and O–H groups in total. The molecule has 11 heteroatoms. The van der Waals surface area contributed by atoms with Crippen LogP contribution in [0.15, 0.2) is 46.2 Å². The minimum Gasteiger partial charge on any atom is -0.497 e. The van der Waals surface area contributed by atoms with Crippen molar-refractivity contribution in [3.63, 3.8) is 0 Å². The van der Waals surface area contributed by atoms with Crippen LogP contribution in [0.2, 0.25) is 0 Å². The first-order valence-electron chi connectivity index (χ1n) is 11.7. The highest BCUT2D eigenvalue weighted by Crippen LogP contribution is 2.31. The third-order valence-corrected chi connectivity index (χ3v) is 7.93. The summed E-state index contributed by atoms with van der Waals surface area (Å²) in [6, 6.07) is 11.8. The fourth-order valence-electron chi connectivity index (χ4n) is 3.78. The minimum atomic E-state index is -0.440. The molecule has 2 aliphatic rings. The number of nitrogens with zero attached hydrogens (tertiary/aromatic N) is 2. The van der Waals surface area contributed by atoms with Crippen LogP contribution in [-0.4, -0.2) is 84.7 Å². The maximum absolute atomic E-state index is 12.0. The van der Waals surface area contributed by atoms with E-state index in [1.807, 2.05) is 36.4 Å². The molecule has 2 amide bonds. The molecule has 2 aromatic carbocycles. The summed E-state index contributed by atoms with van der Waals surface area (Å²) < 4.78 is 15.2. The van der Waals surface area contributed by atoms with Crippen molar-refractivity contribution in [1.29, 1.82) is 0 Å². The molecule has 0 aliphatic carbocycles. The van der Waals surface area contributed by atoms with Crippen LogP contribution < -0.4 is 9.47 Å². The number of carbonyl (C=O) groups is 3. The molecule has 37 heavy (non-hydrogen) atoms. The van der Waals surface area contributed by atoms with E-state index in [2.05, 4.69) is 0 Å². The number of hydrogen-bond donors (Lipinski definition) is 1. The maximum Gasteiger partial charge on any atom is 0.303 e. The van der Waals surface area contributed by atoms with Gasteiger partial charge in [0.25, 0.3) is 5.91 Å². The van der Waals surface area contributed by atoms with Crippen molar-refractivity contribution in [2.24, 2.45) is 0 Å². The van der Waals surface area contributed by atoms with E-state index in [9.17, 15) is 14.4 Å². The summed E-state index contributed by atoms with van der Waals surface area (Å²) in [7, 11) is 3.25. The first kappa shape index (κ1) is 28.7. The predicted molar refractivity (Wildman–Crippen MR) is 142 cm³/mol. The quantitative estimate of drug-likeness (QED) is 0.565. The SMILES string of the molecule is COc1ccc2c(c1)CN(C(=O)CO)CCS2.COc1ccc2c(c1)CN(C(=O)COC(C)=O)CCS2. The number of aliphatic hydroxyl groups is 1. The monoisotopic (exact) mass is 548 g/mol. The second-order valence-corrected chi connectivity index (χ2v) is 10.5. The molecular formula is C26H32N2O7S2. The molecule has 0 saturated carbocycles. The van der Waals surface area contributed by atoms with Gasteiger partial charge in [-0.25, -0.2) is 0 Å². The summed E-state index contributed by atoms with van der Waals surface area (Å²) in [5.74, 6) is 2.42. The van der Waals surface area contributed by atoms with Crippen LogP contribution in [0, 0.1) is 0 Å². The van der Waals surface area contributed by atoms with Crippen molar-refractivity contribution >= 4 is 41.3 Å². The topological polar surface area (TPSA) is 106 Å². The molecule has 0 unspecified atom stereocenters. The van der Waals surface area contributed by atoms with Gasteiger partial charge in [-0.1, -0.05) is 0 Å². The molecule has 0 fully saturated rings. The Hall–Kier alpha value is -2.89. The van der Waals surface area contributed by atoms with Gasteiger partial charge >= 0.3 is 5.97 Å². The zero-order chi connectivity index (χ0) is 26.8. The van der Waals surface area contributed by atoms with Gasteiger partial charge in [-0.05, 0) is 47.5 Å². The van der Waals surface area contributed by atoms with Gasteiger partial charge in [0, 0.05) is 54.4 Å². The number of thioether (sulfide) groups is 2. The molecule has 9 nitrogen and oxygen atoms in total. The Labute approximate surface area is 225 Å². The molecule has 200 valence electrons. The number of carbonyl (C=O) groups excluding carboxylic acids is 3. The molecule has 0 spiro atoms. The van der Waals surface area contributed by atoms with Crippen LogP contribution in [0.3, 0.4) is 0 Å². The van der Waals surface area contributed by atoms with Crippen molar-refractivity contribution < 1.29 is 33.7 Å². The van der Waals surface area contributed by atoms with Crippen molar-refractivity contribution in [2.75, 3.05) is 52.0 Å². The van der Waals surface area contributed by atoms with Gasteiger partial charge in [0.1, 0.15) is 18.1 Å². The van der Waals surface area contributed by atoms with Crippen LogP contribution in [-0.2, 0) is 32.2 Å². The smallest absolute Gasteiger partial charge is 0.303 e. The largest absolute Gasteiger partial charge is 0.497 e. The van der Waals surface area contributed by atoms with Crippen molar-refractivity contribution in [1.82, 2.24) is 9.80 Å². The maximum atomic E-state index is 12.0. The summed E-state index contributed by atoms with van der Waals surface area (Å²) in [4.78, 5) is 40.0. The first-order chi connectivity index (χ1) is 17.8. The molecule has 4 rings (SSSR count). The van der Waals surface area contributed by atoms with Gasteiger partial charge in [-0.2, -0.15) is 0 Å². The standard InChI is InChI=1S/C14H17NO4S.C12H15NO3S/c1-10(16)19-9-14(17)15-5-6-20-13-4-3-12(18-2)7-11(13)8-15;1-16-10-2-3-11-9(6-10)7-13(4-5-17-11)12(15)8-14/h3-4,7H,5-6,8-9H2,1-2H3;2-3,6,14H,4-5,7-8H2,1H3. The Morgan fingerprint density at radius 3 is 1.76 bits per heavy atom. The molecular weight excluding hydrogens is 516 g/mol. The molecule has 0 radical (unpaired) electrons. The van der Waals surface area contributed by atoms with E-state index in [0.717, 1.165) is 39.0 Å². The Balaban J connectivity index is 0.000000208. The van der Waals surface area contributed by atoms with E-state index >= 15 is 0 Å². The summed E-state index contributed by atoms with van der Waals surface area (Å²) in [5, 5.41) is 8.90. The summed E-state index contributed by atoms with van der Waals surface area (Å²) in [5.41, 5.74) is 2.14. The van der Waals surface area contributed by atoms with Crippen LogP contribution >= 0.6 is 23.5 Å². The predicted octanol–water partition coefficient (Wildman–Crippen LogP) is 2.81. The van der Waals surface area contributed by atoms with Gasteiger partial charge in [-0.15, -0.1) is 23.5 Å². The lowest BCUT2D eigenvalue weighted by Crippen LogP contribution is -2.35. The van der Waals surface area contributed by atoms with Crippen LogP contribution in [0.4, 0.5) is 0 Å². The van der Waals surface area contributed by atoms with Crippen molar-refractivity contribution in [3.05, 3.63) is 47.5 Å². The number of aliphatic hydroxyl groups excluding tert-OH is 1. The summed E-state index contributed by atoms with van der Waals surface area (Å²) >= 11 is 3.45. The van der Waals surface area contributed by atoms with Crippen LogP contribution in [0.25, 0.3) is 0 Å². The minimum absolute atomic E-state index is 0.170. The first-order valence-corrected chi connectivity index (χ1v) is 13.7. The lowest BCUT2D eigenvalue weighted by atomic mass is 10.2. The number of hydrogen-bond acceptors (Lipinski definition) is 9. The molecule has 0 bridgehead atoms. The van der Waals surface area contributed by atoms with E-state index in [-0.39, 0.29) is 18.4 Å². The van der Waals surface area contributed by atoms with E-state index in [1.54, 1.807) is 47.5 Å². The van der Waals surface area contributed by atoms with E-state index in [1.165, 1.54) is 11.8 Å². The van der Waals surface area contributed by atoms with Gasteiger partial charge in [0.15, 0.2) is 6.61 Å². The normalized spacial score (nSPS) is 14.6. The molecule has 2 aliphatic heterocycles. The molecule has 2 heterocycles. The average molecular weight is 549 g/mol. The fraction of sp³-hybridized carbons (Fsp3) is 0.423. The highest BCUT2D eigenvalue weighted by molar-refractivity contribution is 7.99. The third-order valence-electron chi connectivity index (χ3n) is 5.73. The number of fused-ring (bicyclic) bond motifs is 2. The third kappa shape index (κ3) is 8.31. The Bertz CT molecular complexity index is 1110. The molecule has 2 aromatic rings. The second-order valence-electron chi connectivity index (χ2n) is 8.21. The van der Waals surface area contributed by atoms with E-state index in [0.29, 0.717) is 26.2 Å². The average Bonchev–Trinajstić information content (AvgIpc) is 3.26. The Kier molecular flexibility index (Phi) is 11.0. The van der Waals surface area contributed by atoms with Crippen molar-refractivity contribution in [3.8, 4) is 11.5 Å². The second kappa shape index (κ2) is 14.2. The summed E-state index contributed by atoms with van der Waals surface area (Å²) in [6.45, 7) is 3.04. The number of ether oxygens (including phenoxy) is 3. The Morgan fingerprint density at radius 2 is 1.32 bits per heavy atom. The lowest BCUT2D eigenvalue weighted by Gasteiger charge is -2.20.